The van der Waals surface area contributed by atoms with E-state index in [1.807, 2.05) is 13.0 Å². The minimum absolute atomic E-state index is 0.0669. The molecule has 3 nitrogen and oxygen atoms in total. The predicted molar refractivity (Wildman–Crippen MR) is 85.9 cm³/mol. The van der Waals surface area contributed by atoms with Crippen LogP contribution in [-0.4, -0.2) is 24.3 Å². The second-order valence-corrected chi connectivity index (χ2v) is 7.09. The lowest BCUT2D eigenvalue weighted by Crippen LogP contribution is -2.37. The van der Waals surface area contributed by atoms with E-state index in [1.54, 1.807) is 0 Å². The monoisotopic (exact) mass is 296 g/mol. The lowest BCUT2D eigenvalue weighted by molar-refractivity contribution is -0.142. The largest absolute Gasteiger partial charge is 0.466 e. The molecule has 1 aliphatic carbocycles. The molecule has 0 aromatic carbocycles. The van der Waals surface area contributed by atoms with E-state index in [0.717, 1.165) is 19.3 Å². The summed E-state index contributed by atoms with van der Waals surface area (Å²) in [5.74, 6) is 0.539. The summed E-state index contributed by atoms with van der Waals surface area (Å²) in [6, 6.07) is 0. The van der Waals surface area contributed by atoms with E-state index in [-0.39, 0.29) is 23.4 Å². The Balaban J connectivity index is 2.28. The Kier molecular flexibility index (Phi) is 6.92. The van der Waals surface area contributed by atoms with Gasteiger partial charge in [-0.3, -0.25) is 4.79 Å². The van der Waals surface area contributed by atoms with E-state index in [0.29, 0.717) is 18.9 Å². The van der Waals surface area contributed by atoms with Gasteiger partial charge in [0.05, 0.1) is 13.0 Å². The van der Waals surface area contributed by atoms with Crippen molar-refractivity contribution in [2.75, 3.05) is 13.2 Å². The molecule has 1 saturated carbocycles. The standard InChI is InChI=1S/C18H32O3/c1-5-21-16(20)11-9-7-6-8-10-15-12-13-18(4,14-19)17(15,2)3/h7,9,15,19H,5-6,8,10-14H2,1-4H3/b9-7+/t15-,18-/m0/s1. The second-order valence-electron chi connectivity index (χ2n) is 7.09. The van der Waals surface area contributed by atoms with E-state index in [4.69, 9.17) is 4.74 Å². The molecule has 2 atom stereocenters. The van der Waals surface area contributed by atoms with Crippen molar-refractivity contribution in [3.63, 3.8) is 0 Å². The molecule has 0 aromatic heterocycles. The molecule has 0 heterocycles. The molecule has 0 unspecified atom stereocenters. The number of carbonyl (C=O) groups is 1. The van der Waals surface area contributed by atoms with Crippen molar-refractivity contribution in [1.29, 1.82) is 0 Å². The molecule has 3 heteroatoms. The lowest BCUT2D eigenvalue weighted by Gasteiger charge is -2.40. The Morgan fingerprint density at radius 2 is 2.05 bits per heavy atom. The van der Waals surface area contributed by atoms with Crippen LogP contribution in [-0.2, 0) is 9.53 Å². The Labute approximate surface area is 129 Å². The predicted octanol–water partition coefficient (Wildman–Crippen LogP) is 4.10. The number of carbonyl (C=O) groups excluding carboxylic acids is 1. The molecule has 1 aliphatic rings. The first-order valence-electron chi connectivity index (χ1n) is 8.29. The fraction of sp³-hybridized carbons (Fsp3) is 0.833. The van der Waals surface area contributed by atoms with Gasteiger partial charge in [0.25, 0.3) is 0 Å². The number of allylic oxidation sites excluding steroid dienone is 1. The van der Waals surface area contributed by atoms with Gasteiger partial charge >= 0.3 is 5.97 Å². The average Bonchev–Trinajstić information content (AvgIpc) is 2.66. The molecular weight excluding hydrogens is 264 g/mol. The van der Waals surface area contributed by atoms with Crippen LogP contribution < -0.4 is 0 Å². The molecule has 21 heavy (non-hydrogen) atoms. The van der Waals surface area contributed by atoms with Crippen molar-refractivity contribution in [3.05, 3.63) is 12.2 Å². The third kappa shape index (κ3) is 4.57. The Bertz CT molecular complexity index is 359. The van der Waals surface area contributed by atoms with Gasteiger partial charge in [0.2, 0.25) is 0 Å². The number of hydrogen-bond donors (Lipinski definition) is 1. The fourth-order valence-corrected chi connectivity index (χ4v) is 3.46. The van der Waals surface area contributed by atoms with Crippen molar-refractivity contribution < 1.29 is 14.6 Å². The van der Waals surface area contributed by atoms with Crippen LogP contribution >= 0.6 is 0 Å². The summed E-state index contributed by atoms with van der Waals surface area (Å²) < 4.78 is 4.88. The summed E-state index contributed by atoms with van der Waals surface area (Å²) in [5.41, 5.74) is 0.272. The first kappa shape index (κ1) is 18.2. The van der Waals surface area contributed by atoms with Crippen molar-refractivity contribution in [3.8, 4) is 0 Å². The van der Waals surface area contributed by atoms with Gasteiger partial charge in [-0.2, -0.15) is 0 Å². The van der Waals surface area contributed by atoms with Crippen LogP contribution in [0.3, 0.4) is 0 Å². The minimum Gasteiger partial charge on any atom is -0.466 e. The average molecular weight is 296 g/mol. The Morgan fingerprint density at radius 3 is 2.62 bits per heavy atom. The summed E-state index contributed by atoms with van der Waals surface area (Å²) in [7, 11) is 0. The molecule has 122 valence electrons. The zero-order chi connectivity index (χ0) is 15.9. The summed E-state index contributed by atoms with van der Waals surface area (Å²) in [6.45, 7) is 9.38. The highest BCUT2D eigenvalue weighted by Gasteiger charge is 2.50. The molecule has 1 fully saturated rings. The topological polar surface area (TPSA) is 46.5 Å². The van der Waals surface area contributed by atoms with Gasteiger partial charge in [0.1, 0.15) is 0 Å². The maximum Gasteiger partial charge on any atom is 0.309 e. The van der Waals surface area contributed by atoms with Gasteiger partial charge in [-0.1, -0.05) is 32.9 Å². The van der Waals surface area contributed by atoms with Crippen LogP contribution in [0, 0.1) is 16.7 Å². The van der Waals surface area contributed by atoms with Crippen molar-refractivity contribution >= 4 is 5.97 Å². The number of aliphatic hydroxyl groups is 1. The third-order valence-electron chi connectivity index (χ3n) is 5.65. The van der Waals surface area contributed by atoms with Crippen LogP contribution in [0.1, 0.15) is 66.2 Å². The van der Waals surface area contributed by atoms with Crippen LogP contribution in [0.5, 0.6) is 0 Å². The van der Waals surface area contributed by atoms with E-state index < -0.39 is 0 Å². The quantitative estimate of drug-likeness (QED) is 0.417. The molecular formula is C18H32O3. The van der Waals surface area contributed by atoms with E-state index >= 15 is 0 Å². The molecule has 0 spiro atoms. The molecule has 0 aromatic rings. The highest BCUT2D eigenvalue weighted by atomic mass is 16.5. The number of aliphatic hydroxyl groups excluding tert-OH is 1. The van der Waals surface area contributed by atoms with E-state index in [9.17, 15) is 9.90 Å². The van der Waals surface area contributed by atoms with Crippen LogP contribution in [0.25, 0.3) is 0 Å². The highest BCUT2D eigenvalue weighted by Crippen LogP contribution is 2.56. The normalized spacial score (nSPS) is 28.1. The maximum absolute atomic E-state index is 11.2. The van der Waals surface area contributed by atoms with E-state index in [2.05, 4.69) is 26.8 Å². The number of hydrogen-bond acceptors (Lipinski definition) is 3. The van der Waals surface area contributed by atoms with Gasteiger partial charge in [0, 0.05) is 6.61 Å². The summed E-state index contributed by atoms with van der Waals surface area (Å²) in [5, 5.41) is 9.66. The number of unbranched alkanes of at least 4 members (excludes halogenated alkanes) is 1. The Morgan fingerprint density at radius 1 is 1.33 bits per heavy atom. The van der Waals surface area contributed by atoms with Gasteiger partial charge in [-0.25, -0.2) is 0 Å². The molecule has 1 N–H and O–H groups in total. The second kappa shape index (κ2) is 7.98. The zero-order valence-electron chi connectivity index (χ0n) is 14.2. The Hall–Kier alpha value is -0.830. The number of esters is 1. The summed E-state index contributed by atoms with van der Waals surface area (Å²) in [6.07, 6.45) is 10.1. The smallest absolute Gasteiger partial charge is 0.309 e. The minimum atomic E-state index is -0.149. The summed E-state index contributed by atoms with van der Waals surface area (Å²) >= 11 is 0. The van der Waals surface area contributed by atoms with Gasteiger partial charge in [-0.15, -0.1) is 0 Å². The molecule has 0 radical (unpaired) electrons. The zero-order valence-corrected chi connectivity index (χ0v) is 14.2. The van der Waals surface area contributed by atoms with Gasteiger partial charge < -0.3 is 9.84 Å². The van der Waals surface area contributed by atoms with Gasteiger partial charge in [-0.05, 0) is 55.8 Å². The van der Waals surface area contributed by atoms with Crippen molar-refractivity contribution in [1.82, 2.24) is 0 Å². The summed E-state index contributed by atoms with van der Waals surface area (Å²) in [4.78, 5) is 11.2. The fourth-order valence-electron chi connectivity index (χ4n) is 3.46. The molecule has 0 bridgehead atoms. The SMILES string of the molecule is CCOC(=O)C/C=C/CCC[C@H]1CC[C@@](C)(CO)C1(C)C. The third-order valence-corrected chi connectivity index (χ3v) is 5.65. The van der Waals surface area contributed by atoms with Crippen molar-refractivity contribution in [2.45, 2.75) is 66.2 Å². The van der Waals surface area contributed by atoms with Crippen molar-refractivity contribution in [2.24, 2.45) is 16.7 Å². The van der Waals surface area contributed by atoms with Crippen LogP contribution in [0.15, 0.2) is 12.2 Å². The first-order valence-corrected chi connectivity index (χ1v) is 8.29. The number of rotatable bonds is 8. The molecule has 0 saturated heterocycles. The van der Waals surface area contributed by atoms with Gasteiger partial charge in [0.15, 0.2) is 0 Å². The maximum atomic E-state index is 11.2. The molecule has 0 aliphatic heterocycles. The van der Waals surface area contributed by atoms with Crippen LogP contribution in [0.4, 0.5) is 0 Å². The van der Waals surface area contributed by atoms with Crippen LogP contribution in [0.2, 0.25) is 0 Å². The first-order chi connectivity index (χ1) is 9.87. The number of ether oxygens (including phenoxy) is 1. The molecule has 0 amide bonds. The molecule has 1 rings (SSSR count). The highest BCUT2D eigenvalue weighted by molar-refractivity contribution is 5.71. The lowest BCUT2D eigenvalue weighted by atomic mass is 9.65. The van der Waals surface area contributed by atoms with E-state index in [1.165, 1.54) is 12.8 Å².